The van der Waals surface area contributed by atoms with Gasteiger partial charge in [0.25, 0.3) is 0 Å². The van der Waals surface area contributed by atoms with Crippen molar-refractivity contribution in [2.75, 3.05) is 6.54 Å². The lowest BCUT2D eigenvalue weighted by Gasteiger charge is -2.15. The summed E-state index contributed by atoms with van der Waals surface area (Å²) >= 11 is 0. The zero-order valence-electron chi connectivity index (χ0n) is 5.95. The van der Waals surface area contributed by atoms with E-state index in [1.165, 1.54) is 0 Å². The molecule has 4 N–H and O–H groups in total. The minimum atomic E-state index is -0.486. The minimum Gasteiger partial charge on any atom is -0.425 e. The maximum atomic E-state index is 5.46. The molecule has 0 aliphatic carbocycles. The highest BCUT2D eigenvalue weighted by atomic mass is 16.6. The Hall–Kier alpha value is -0.970. The summed E-state index contributed by atoms with van der Waals surface area (Å²) in [6.07, 6.45) is 0.494. The lowest BCUT2D eigenvalue weighted by Crippen LogP contribution is -2.37. The largest absolute Gasteiger partial charge is 0.425 e. The van der Waals surface area contributed by atoms with E-state index < -0.39 is 6.35 Å². The lowest BCUT2D eigenvalue weighted by molar-refractivity contribution is 0.0619. The van der Waals surface area contributed by atoms with Gasteiger partial charge in [-0.1, -0.05) is 6.92 Å². The van der Waals surface area contributed by atoms with Crippen LogP contribution in [0, 0.1) is 0 Å². The predicted octanol–water partition coefficient (Wildman–Crippen LogP) is -0.799. The Morgan fingerprint density at radius 2 is 2.50 bits per heavy atom. The number of hydrogen-bond acceptors (Lipinski definition) is 5. The van der Waals surface area contributed by atoms with Gasteiger partial charge in [-0.15, -0.1) is 5.10 Å². The molecule has 1 unspecified atom stereocenters. The summed E-state index contributed by atoms with van der Waals surface area (Å²) in [4.78, 5) is 0. The average molecular weight is 144 g/mol. The van der Waals surface area contributed by atoms with Crippen LogP contribution in [0.3, 0.4) is 0 Å². The van der Waals surface area contributed by atoms with Crippen LogP contribution in [0.15, 0.2) is 5.10 Å². The van der Waals surface area contributed by atoms with E-state index in [1.54, 1.807) is 5.01 Å². The number of amidine groups is 1. The topological polar surface area (TPSA) is 76.9 Å². The molecule has 0 amide bonds. The molecule has 0 aromatic heterocycles. The van der Waals surface area contributed by atoms with Gasteiger partial charge >= 0.3 is 6.02 Å². The molecule has 1 atom stereocenters. The molecule has 0 spiro atoms. The van der Waals surface area contributed by atoms with Gasteiger partial charge in [0.1, 0.15) is 0 Å². The molecule has 0 fully saturated rings. The Morgan fingerprint density at radius 3 is 2.90 bits per heavy atom. The maximum absolute atomic E-state index is 5.46. The van der Waals surface area contributed by atoms with Crippen LogP contribution in [-0.2, 0) is 4.74 Å². The van der Waals surface area contributed by atoms with Crippen molar-refractivity contribution in [3.8, 4) is 0 Å². The first-order valence-electron chi connectivity index (χ1n) is 3.27. The fourth-order valence-corrected chi connectivity index (χ4v) is 0.798. The molecule has 1 aliphatic heterocycles. The minimum absolute atomic E-state index is 0.154. The lowest BCUT2D eigenvalue weighted by atomic mass is 10.5. The first kappa shape index (κ1) is 7.14. The molecule has 0 bridgehead atoms. The monoisotopic (exact) mass is 144 g/mol. The van der Waals surface area contributed by atoms with Gasteiger partial charge in [-0.3, -0.25) is 5.73 Å². The van der Waals surface area contributed by atoms with Crippen molar-refractivity contribution in [3.05, 3.63) is 0 Å². The number of hydrogen-bond donors (Lipinski definition) is 2. The normalized spacial score (nSPS) is 24.4. The Balaban J connectivity index is 2.44. The van der Waals surface area contributed by atoms with Crippen LogP contribution in [0.5, 0.6) is 0 Å². The fraction of sp³-hybridized carbons (Fsp3) is 0.800. The summed E-state index contributed by atoms with van der Waals surface area (Å²) in [6, 6.07) is 0.154. The molecule has 58 valence electrons. The molecular formula is C5H12N4O. The van der Waals surface area contributed by atoms with Gasteiger partial charge in [0.05, 0.1) is 0 Å². The first-order chi connectivity index (χ1) is 4.74. The first-order valence-corrected chi connectivity index (χ1v) is 3.27. The third-order valence-electron chi connectivity index (χ3n) is 1.21. The highest BCUT2D eigenvalue weighted by Gasteiger charge is 2.20. The summed E-state index contributed by atoms with van der Waals surface area (Å²) in [5.41, 5.74) is 10.7. The number of nitrogens with zero attached hydrogens (tertiary/aromatic N) is 2. The molecule has 10 heavy (non-hydrogen) atoms. The molecule has 0 aromatic rings. The van der Waals surface area contributed by atoms with Crippen molar-refractivity contribution < 1.29 is 4.74 Å². The Bertz CT molecular complexity index is 147. The molecule has 1 aliphatic rings. The van der Waals surface area contributed by atoms with E-state index >= 15 is 0 Å². The number of hydrazone groups is 1. The van der Waals surface area contributed by atoms with Crippen molar-refractivity contribution >= 4 is 6.02 Å². The van der Waals surface area contributed by atoms with E-state index in [0.717, 1.165) is 13.0 Å². The molecule has 5 heteroatoms. The van der Waals surface area contributed by atoms with Crippen LogP contribution >= 0.6 is 0 Å². The van der Waals surface area contributed by atoms with E-state index in [-0.39, 0.29) is 6.02 Å². The van der Waals surface area contributed by atoms with Crippen LogP contribution in [0.4, 0.5) is 0 Å². The van der Waals surface area contributed by atoms with Gasteiger partial charge < -0.3 is 10.5 Å². The molecule has 5 nitrogen and oxygen atoms in total. The van der Waals surface area contributed by atoms with E-state index in [4.69, 9.17) is 16.2 Å². The third-order valence-corrected chi connectivity index (χ3v) is 1.21. The average Bonchev–Trinajstić information content (AvgIpc) is 2.13. The molecule has 0 saturated heterocycles. The third kappa shape index (κ3) is 1.30. The van der Waals surface area contributed by atoms with Crippen molar-refractivity contribution in [1.82, 2.24) is 5.01 Å². The molecule has 0 saturated carbocycles. The van der Waals surface area contributed by atoms with Gasteiger partial charge in [-0.2, -0.15) is 0 Å². The summed E-state index contributed by atoms with van der Waals surface area (Å²) in [7, 11) is 0. The van der Waals surface area contributed by atoms with E-state index in [1.807, 2.05) is 6.92 Å². The highest BCUT2D eigenvalue weighted by Crippen LogP contribution is 2.04. The van der Waals surface area contributed by atoms with Gasteiger partial charge in [0.2, 0.25) is 6.35 Å². The SMILES string of the molecule is CCCN1N=C(N)OC1N. The van der Waals surface area contributed by atoms with Crippen LogP contribution in [0.1, 0.15) is 13.3 Å². The van der Waals surface area contributed by atoms with E-state index in [0.29, 0.717) is 0 Å². The summed E-state index contributed by atoms with van der Waals surface area (Å²) in [6.45, 7) is 2.82. The second-order valence-electron chi connectivity index (χ2n) is 2.11. The van der Waals surface area contributed by atoms with Crippen LogP contribution in [0.25, 0.3) is 0 Å². The highest BCUT2D eigenvalue weighted by molar-refractivity contribution is 5.72. The summed E-state index contributed by atoms with van der Waals surface area (Å²) in [5.74, 6) is 0. The van der Waals surface area contributed by atoms with Crippen molar-refractivity contribution in [3.63, 3.8) is 0 Å². The fourth-order valence-electron chi connectivity index (χ4n) is 0.798. The Kier molecular flexibility index (Phi) is 1.96. The second-order valence-corrected chi connectivity index (χ2v) is 2.11. The van der Waals surface area contributed by atoms with Crippen LogP contribution < -0.4 is 11.5 Å². The quantitative estimate of drug-likeness (QED) is 0.532. The predicted molar refractivity (Wildman–Crippen MR) is 37.7 cm³/mol. The molecule has 0 radical (unpaired) electrons. The van der Waals surface area contributed by atoms with Crippen molar-refractivity contribution in [1.29, 1.82) is 0 Å². The maximum Gasteiger partial charge on any atom is 0.306 e. The molecule has 1 rings (SSSR count). The zero-order valence-corrected chi connectivity index (χ0v) is 5.95. The standard InChI is InChI=1S/C5H12N4O/c1-2-3-9-5(7)10-4(6)8-9/h5H,2-3,7H2,1H3,(H2,6,8). The van der Waals surface area contributed by atoms with Gasteiger partial charge in [-0.05, 0) is 6.42 Å². The van der Waals surface area contributed by atoms with E-state index in [2.05, 4.69) is 5.10 Å². The Labute approximate surface area is 59.6 Å². The van der Waals surface area contributed by atoms with Gasteiger partial charge in [-0.25, -0.2) is 5.01 Å². The van der Waals surface area contributed by atoms with Crippen molar-refractivity contribution in [2.45, 2.75) is 19.7 Å². The molecular weight excluding hydrogens is 132 g/mol. The molecule has 0 aromatic carbocycles. The van der Waals surface area contributed by atoms with E-state index in [9.17, 15) is 0 Å². The summed E-state index contributed by atoms with van der Waals surface area (Å²) < 4.78 is 4.86. The number of ether oxygens (including phenoxy) is 1. The summed E-state index contributed by atoms with van der Waals surface area (Å²) in [5, 5.41) is 5.46. The van der Waals surface area contributed by atoms with Crippen LogP contribution in [-0.4, -0.2) is 23.9 Å². The van der Waals surface area contributed by atoms with Crippen molar-refractivity contribution in [2.24, 2.45) is 16.6 Å². The number of rotatable bonds is 2. The number of nitrogens with two attached hydrogens (primary N) is 2. The van der Waals surface area contributed by atoms with Gasteiger partial charge in [0, 0.05) is 6.54 Å². The zero-order chi connectivity index (χ0) is 7.56. The second kappa shape index (κ2) is 2.74. The van der Waals surface area contributed by atoms with Crippen LogP contribution in [0.2, 0.25) is 0 Å². The smallest absolute Gasteiger partial charge is 0.306 e. The van der Waals surface area contributed by atoms with Gasteiger partial charge in [0.15, 0.2) is 0 Å². The Morgan fingerprint density at radius 1 is 1.80 bits per heavy atom. The molecule has 1 heterocycles.